The number of nitrogens with zero attached hydrogens (tertiary/aromatic N) is 7. The van der Waals surface area contributed by atoms with Crippen LogP contribution in [0.2, 0.25) is 0 Å². The molecule has 0 aromatic carbocycles. The van der Waals surface area contributed by atoms with E-state index in [4.69, 9.17) is 34.3 Å². The molecule has 0 radical (unpaired) electrons. The Kier molecular flexibility index (Phi) is 19.7. The van der Waals surface area contributed by atoms with Crippen LogP contribution in [0.3, 0.4) is 0 Å². The molecule has 1 unspecified atom stereocenters. The van der Waals surface area contributed by atoms with Crippen LogP contribution < -0.4 is 10.5 Å². The number of phosphoric ester groups is 1. The lowest BCUT2D eigenvalue weighted by molar-refractivity contribution is -0.0552. The zero-order chi connectivity index (χ0) is 40.9. The number of phosphoric acid groups is 1. The zero-order valence-electron chi connectivity index (χ0n) is 33.4. The molecular weight excluding hydrogens is 755 g/mol. The van der Waals surface area contributed by atoms with Crippen LogP contribution in [-0.4, -0.2) is 104 Å². The molecule has 3 aromatic rings. The van der Waals surface area contributed by atoms with Gasteiger partial charge in [-0.2, -0.15) is 10.4 Å². The molecule has 6 atom stereocenters. The summed E-state index contributed by atoms with van der Waals surface area (Å²) >= 11 is 0. The molecule has 4 rings (SSSR count). The van der Waals surface area contributed by atoms with Gasteiger partial charge in [0.05, 0.1) is 25.5 Å². The molecule has 57 heavy (non-hydrogen) atoms. The van der Waals surface area contributed by atoms with Gasteiger partial charge >= 0.3 is 7.82 Å². The third kappa shape index (κ3) is 14.3. The molecule has 5 N–H and O–H groups in total. The zero-order valence-corrected chi connectivity index (χ0v) is 34.3. The van der Waals surface area contributed by atoms with E-state index in [9.17, 15) is 19.7 Å². The molecule has 0 amide bonds. The van der Waals surface area contributed by atoms with Crippen LogP contribution in [0.15, 0.2) is 35.6 Å². The first-order valence-electron chi connectivity index (χ1n) is 20.3. The molecule has 1 fully saturated rings. The van der Waals surface area contributed by atoms with Crippen LogP contribution >= 0.6 is 7.82 Å². The lowest BCUT2D eigenvalue weighted by Crippen LogP contribution is -2.43. The predicted molar refractivity (Wildman–Crippen MR) is 214 cm³/mol. The minimum absolute atomic E-state index is 0.00920. The third-order valence-corrected chi connectivity index (χ3v) is 11.0. The van der Waals surface area contributed by atoms with Gasteiger partial charge in [0.15, 0.2) is 17.1 Å². The summed E-state index contributed by atoms with van der Waals surface area (Å²) in [5.74, 6) is 0.253. The second kappa shape index (κ2) is 24.4. The monoisotopic (exact) mass is 816 g/mol. The number of hydrogen-bond donors (Lipinski definition) is 4. The maximum absolute atomic E-state index is 13.1. The van der Waals surface area contributed by atoms with Crippen molar-refractivity contribution < 1.29 is 42.9 Å². The van der Waals surface area contributed by atoms with E-state index in [1.54, 1.807) is 12.1 Å². The Morgan fingerprint density at radius 1 is 0.965 bits per heavy atom. The molecule has 18 heteroatoms. The van der Waals surface area contributed by atoms with Crippen LogP contribution in [0.4, 0.5) is 5.82 Å². The van der Waals surface area contributed by atoms with Gasteiger partial charge in [0.1, 0.15) is 42.3 Å². The molecule has 3 aromatic heterocycles. The average molecular weight is 817 g/mol. The molecule has 1 saturated heterocycles. The van der Waals surface area contributed by atoms with Crippen molar-refractivity contribution in [3.63, 3.8) is 0 Å². The summed E-state index contributed by atoms with van der Waals surface area (Å²) in [6.07, 6.45) is 17.5. The Hall–Kier alpha value is -3.59. The summed E-state index contributed by atoms with van der Waals surface area (Å²) in [7, 11) is -3.30. The van der Waals surface area contributed by atoms with Gasteiger partial charge in [-0.1, -0.05) is 103 Å². The number of aromatic nitrogens is 5. The van der Waals surface area contributed by atoms with Gasteiger partial charge in [-0.05, 0) is 24.6 Å². The first-order chi connectivity index (χ1) is 27.6. The quantitative estimate of drug-likeness (QED) is 0.0365. The number of aliphatic hydroxyl groups excluding tert-OH is 2. The minimum atomic E-state index is -4.77. The highest BCUT2D eigenvalue weighted by Crippen LogP contribution is 2.46. The smallest absolute Gasteiger partial charge is 0.468 e. The largest absolute Gasteiger partial charge is 0.472 e. The molecule has 0 saturated carbocycles. The van der Waals surface area contributed by atoms with Crippen molar-refractivity contribution in [2.24, 2.45) is 4.99 Å². The molecule has 0 bridgehead atoms. The van der Waals surface area contributed by atoms with Crippen LogP contribution in [0, 0.1) is 11.3 Å². The topological polar surface area (TPSA) is 242 Å². The Morgan fingerprint density at radius 2 is 1.61 bits per heavy atom. The summed E-state index contributed by atoms with van der Waals surface area (Å²) in [6, 6.07) is 8.00. The van der Waals surface area contributed by atoms with Crippen molar-refractivity contribution in [3.05, 3.63) is 42.0 Å². The number of nitriles is 1. The number of fused-ring (bicyclic) bond motifs is 1. The van der Waals surface area contributed by atoms with Gasteiger partial charge in [-0.3, -0.25) is 14.0 Å². The van der Waals surface area contributed by atoms with Crippen molar-refractivity contribution in [1.29, 1.82) is 5.26 Å². The highest BCUT2D eigenvalue weighted by molar-refractivity contribution is 7.47. The maximum Gasteiger partial charge on any atom is 0.472 e. The van der Waals surface area contributed by atoms with Crippen molar-refractivity contribution in [2.45, 2.75) is 140 Å². The van der Waals surface area contributed by atoms with Crippen LogP contribution in [0.5, 0.6) is 5.88 Å². The van der Waals surface area contributed by atoms with E-state index in [2.05, 4.69) is 32.2 Å². The molecule has 0 spiro atoms. The second-order valence-electron chi connectivity index (χ2n) is 14.5. The van der Waals surface area contributed by atoms with Gasteiger partial charge in [0, 0.05) is 25.9 Å². The number of rotatable bonds is 29. The van der Waals surface area contributed by atoms with E-state index in [1.807, 2.05) is 6.07 Å². The van der Waals surface area contributed by atoms with E-state index in [0.29, 0.717) is 17.8 Å². The normalized spacial score (nSPS) is 21.2. The maximum atomic E-state index is 13.1. The predicted octanol–water partition coefficient (Wildman–Crippen LogP) is 5.85. The van der Waals surface area contributed by atoms with Crippen LogP contribution in [0.25, 0.3) is 5.52 Å². The first kappa shape index (κ1) is 46.1. The number of unbranched alkanes of at least 4 members (excludes halogenated alkanes) is 15. The Bertz CT molecular complexity index is 1730. The van der Waals surface area contributed by atoms with Gasteiger partial charge in [0.25, 0.3) is 0 Å². The lowest BCUT2D eigenvalue weighted by atomic mass is 9.92. The minimum Gasteiger partial charge on any atom is -0.468 e. The number of anilines is 1. The number of nitrogens with two attached hydrogens (primary N) is 1. The van der Waals surface area contributed by atoms with Crippen molar-refractivity contribution in [1.82, 2.24) is 24.8 Å². The Balaban J connectivity index is 1.20. The van der Waals surface area contributed by atoms with Crippen molar-refractivity contribution >= 4 is 25.4 Å². The van der Waals surface area contributed by atoms with Gasteiger partial charge in [0.2, 0.25) is 5.88 Å². The average Bonchev–Trinajstić information content (AvgIpc) is 3.75. The van der Waals surface area contributed by atoms with Gasteiger partial charge < -0.3 is 35.1 Å². The van der Waals surface area contributed by atoms with Crippen LogP contribution in [-0.2, 0) is 28.7 Å². The van der Waals surface area contributed by atoms with E-state index in [1.165, 1.54) is 120 Å². The molecule has 1 aliphatic rings. The molecule has 4 heterocycles. The van der Waals surface area contributed by atoms with Crippen LogP contribution in [0.1, 0.15) is 121 Å². The number of aliphatic hydroxyl groups is 2. The van der Waals surface area contributed by atoms with E-state index >= 15 is 0 Å². The number of ether oxygens (including phenoxy) is 3. The van der Waals surface area contributed by atoms with Gasteiger partial charge in [-0.15, -0.1) is 10.2 Å². The summed E-state index contributed by atoms with van der Waals surface area (Å²) in [4.78, 5) is 18.6. The first-order valence-corrected chi connectivity index (χ1v) is 21.8. The summed E-state index contributed by atoms with van der Waals surface area (Å²) < 4.78 is 42.8. The highest BCUT2D eigenvalue weighted by Gasteiger charge is 2.56. The van der Waals surface area contributed by atoms with E-state index in [0.717, 1.165) is 19.3 Å². The third-order valence-electron chi connectivity index (χ3n) is 10.0. The van der Waals surface area contributed by atoms with E-state index in [-0.39, 0.29) is 24.0 Å². The highest BCUT2D eigenvalue weighted by atomic mass is 31.2. The standard InChI is InChI=1S/C39H61N8O9P/c1-3-4-5-6-7-8-9-10-11-12-13-14-15-16-17-18-23-52-25-31(55-35-22-19-30(24-40)45-46-35)26-53-57(50,51)54-27-33-36(48)37(49)39(56-33,28-42-2)34-21-20-32-38(41)43-29-44-47(32)34/h19-22,28-29,31,33,36-37,48-49H,3-18,23,25-27H2,1-2H3,(H,50,51)(H2,41,43,44)/t31-,33-,36-,37-,39+/m1/s1. The molecule has 316 valence electrons. The molecule has 17 nitrogen and oxygen atoms in total. The fourth-order valence-corrected chi connectivity index (χ4v) is 7.65. The fourth-order valence-electron chi connectivity index (χ4n) is 6.88. The lowest BCUT2D eigenvalue weighted by Gasteiger charge is -2.27. The number of aliphatic imine (C=N–C) groups is 1. The van der Waals surface area contributed by atoms with Crippen molar-refractivity contribution in [3.8, 4) is 11.9 Å². The van der Waals surface area contributed by atoms with E-state index < -0.39 is 51.1 Å². The molecule has 0 aliphatic carbocycles. The SMILES string of the molecule is CCCCCCCCCCCCCCCCCCOC[C@H](COP(=O)(O)OC[C@H]1O[C@@](C=NC)(c2ccc3c(N)ncnn23)[C@H](O)[C@@H]1O)Oc1ccc(C#N)nn1. The summed E-state index contributed by atoms with van der Waals surface area (Å²) in [6.45, 7) is 1.66. The second-order valence-corrected chi connectivity index (χ2v) is 15.9. The van der Waals surface area contributed by atoms with Crippen molar-refractivity contribution in [2.75, 3.05) is 39.2 Å². The Morgan fingerprint density at radius 3 is 2.21 bits per heavy atom. The van der Waals surface area contributed by atoms with Gasteiger partial charge in [-0.25, -0.2) is 14.1 Å². The summed E-state index contributed by atoms with van der Waals surface area (Å²) in [5, 5.41) is 43.1. The Labute approximate surface area is 335 Å². The summed E-state index contributed by atoms with van der Waals surface area (Å²) in [5.41, 5.74) is 5.10. The molecule has 1 aliphatic heterocycles. The fraction of sp³-hybridized carbons (Fsp3) is 0.692. The number of nitrogen functional groups attached to an aromatic ring is 1. The molecular formula is C39H61N8O9P. The number of hydrogen-bond acceptors (Lipinski definition) is 15.